The molecule has 1 N–H and O–H groups in total. The Morgan fingerprint density at radius 2 is 1.83 bits per heavy atom. The summed E-state index contributed by atoms with van der Waals surface area (Å²) in [6, 6.07) is 15.6. The van der Waals surface area contributed by atoms with Crippen molar-refractivity contribution in [3.8, 4) is 11.5 Å². The molecule has 0 atom stereocenters. The SMILES string of the molecule is Cc1cccc(OCC(=O)NCCc2ccc(OC(C)C)cc2)c1. The van der Waals surface area contributed by atoms with Crippen molar-refractivity contribution in [1.29, 1.82) is 0 Å². The van der Waals surface area contributed by atoms with Crippen LogP contribution in [0.4, 0.5) is 0 Å². The van der Waals surface area contributed by atoms with Crippen molar-refractivity contribution >= 4 is 5.91 Å². The van der Waals surface area contributed by atoms with Crippen LogP contribution in [-0.2, 0) is 11.2 Å². The monoisotopic (exact) mass is 327 g/mol. The molecule has 2 aromatic rings. The summed E-state index contributed by atoms with van der Waals surface area (Å²) >= 11 is 0. The van der Waals surface area contributed by atoms with Crippen LogP contribution in [0.15, 0.2) is 48.5 Å². The van der Waals surface area contributed by atoms with Crippen molar-refractivity contribution in [2.45, 2.75) is 33.3 Å². The van der Waals surface area contributed by atoms with Crippen LogP contribution in [0.1, 0.15) is 25.0 Å². The Labute approximate surface area is 143 Å². The van der Waals surface area contributed by atoms with Crippen molar-refractivity contribution in [1.82, 2.24) is 5.32 Å². The van der Waals surface area contributed by atoms with E-state index in [2.05, 4.69) is 5.32 Å². The highest BCUT2D eigenvalue weighted by molar-refractivity contribution is 5.77. The first-order chi connectivity index (χ1) is 11.5. The minimum absolute atomic E-state index is 0.0324. The molecule has 0 aliphatic heterocycles. The molecule has 24 heavy (non-hydrogen) atoms. The molecule has 0 unspecified atom stereocenters. The second-order valence-corrected chi connectivity index (χ2v) is 6.02. The van der Waals surface area contributed by atoms with Crippen LogP contribution in [0, 0.1) is 6.92 Å². The Hall–Kier alpha value is -2.49. The van der Waals surface area contributed by atoms with Crippen LogP contribution < -0.4 is 14.8 Å². The molecule has 0 heterocycles. The van der Waals surface area contributed by atoms with Gasteiger partial charge in [0, 0.05) is 6.54 Å². The summed E-state index contributed by atoms with van der Waals surface area (Å²) in [4.78, 5) is 11.8. The van der Waals surface area contributed by atoms with Crippen molar-refractivity contribution in [3.05, 3.63) is 59.7 Å². The predicted molar refractivity (Wildman–Crippen MR) is 95.6 cm³/mol. The number of hydrogen-bond donors (Lipinski definition) is 1. The summed E-state index contributed by atoms with van der Waals surface area (Å²) in [6.45, 7) is 6.61. The first-order valence-electron chi connectivity index (χ1n) is 8.24. The third-order valence-electron chi connectivity index (χ3n) is 3.39. The third kappa shape index (κ3) is 6.32. The van der Waals surface area contributed by atoms with E-state index < -0.39 is 0 Å². The number of carbonyl (C=O) groups is 1. The van der Waals surface area contributed by atoms with E-state index in [0.717, 1.165) is 23.3 Å². The fourth-order valence-corrected chi connectivity index (χ4v) is 2.26. The fourth-order valence-electron chi connectivity index (χ4n) is 2.26. The Kier molecular flexibility index (Phi) is 6.67. The van der Waals surface area contributed by atoms with Crippen LogP contribution in [0.2, 0.25) is 0 Å². The summed E-state index contributed by atoms with van der Waals surface area (Å²) in [5.41, 5.74) is 2.27. The normalized spacial score (nSPS) is 10.5. The van der Waals surface area contributed by atoms with E-state index >= 15 is 0 Å². The Morgan fingerprint density at radius 1 is 1.08 bits per heavy atom. The zero-order chi connectivity index (χ0) is 17.4. The molecule has 0 aliphatic rings. The van der Waals surface area contributed by atoms with Gasteiger partial charge in [-0.05, 0) is 62.6 Å². The van der Waals surface area contributed by atoms with Crippen LogP contribution in [0.3, 0.4) is 0 Å². The maximum Gasteiger partial charge on any atom is 0.257 e. The summed E-state index contributed by atoms with van der Waals surface area (Å²) in [7, 11) is 0. The third-order valence-corrected chi connectivity index (χ3v) is 3.39. The largest absolute Gasteiger partial charge is 0.491 e. The maximum atomic E-state index is 11.8. The molecular weight excluding hydrogens is 302 g/mol. The second kappa shape index (κ2) is 8.96. The highest BCUT2D eigenvalue weighted by Crippen LogP contribution is 2.14. The summed E-state index contributed by atoms with van der Waals surface area (Å²) in [6.07, 6.45) is 0.946. The molecule has 4 heteroatoms. The molecule has 2 rings (SSSR count). The zero-order valence-corrected chi connectivity index (χ0v) is 14.5. The van der Waals surface area contributed by atoms with E-state index in [-0.39, 0.29) is 18.6 Å². The lowest BCUT2D eigenvalue weighted by Gasteiger charge is -2.10. The molecule has 128 valence electrons. The minimum Gasteiger partial charge on any atom is -0.491 e. The molecule has 0 fully saturated rings. The van der Waals surface area contributed by atoms with Crippen LogP contribution in [0.25, 0.3) is 0 Å². The molecule has 0 bridgehead atoms. The predicted octanol–water partition coefficient (Wildman–Crippen LogP) is 3.52. The van der Waals surface area contributed by atoms with Gasteiger partial charge in [0.1, 0.15) is 11.5 Å². The molecule has 0 radical (unpaired) electrons. The quantitative estimate of drug-likeness (QED) is 0.807. The van der Waals surface area contributed by atoms with Crippen molar-refractivity contribution in [2.75, 3.05) is 13.2 Å². The lowest BCUT2D eigenvalue weighted by molar-refractivity contribution is -0.123. The number of aryl methyl sites for hydroxylation is 1. The highest BCUT2D eigenvalue weighted by atomic mass is 16.5. The van der Waals surface area contributed by atoms with Crippen molar-refractivity contribution < 1.29 is 14.3 Å². The van der Waals surface area contributed by atoms with Crippen molar-refractivity contribution in [2.24, 2.45) is 0 Å². The maximum absolute atomic E-state index is 11.8. The zero-order valence-electron chi connectivity index (χ0n) is 14.5. The minimum atomic E-state index is -0.115. The van der Waals surface area contributed by atoms with Gasteiger partial charge in [-0.25, -0.2) is 0 Å². The molecule has 2 aromatic carbocycles. The second-order valence-electron chi connectivity index (χ2n) is 6.02. The van der Waals surface area contributed by atoms with Gasteiger partial charge in [-0.3, -0.25) is 4.79 Å². The molecule has 4 nitrogen and oxygen atoms in total. The number of ether oxygens (including phenoxy) is 2. The highest BCUT2D eigenvalue weighted by Gasteiger charge is 2.03. The van der Waals surface area contributed by atoms with E-state index in [1.165, 1.54) is 0 Å². The van der Waals surface area contributed by atoms with Crippen molar-refractivity contribution in [3.63, 3.8) is 0 Å². The smallest absolute Gasteiger partial charge is 0.257 e. The number of nitrogens with one attached hydrogen (secondary N) is 1. The van der Waals surface area contributed by atoms with E-state index in [0.29, 0.717) is 12.3 Å². The van der Waals surface area contributed by atoms with Crippen LogP contribution in [0.5, 0.6) is 11.5 Å². The molecule has 0 saturated heterocycles. The molecule has 1 amide bonds. The Balaban J connectivity index is 1.68. The average Bonchev–Trinajstić information content (AvgIpc) is 2.54. The first kappa shape index (κ1) is 17.9. The van der Waals surface area contributed by atoms with Gasteiger partial charge >= 0.3 is 0 Å². The van der Waals surface area contributed by atoms with Gasteiger partial charge in [0.2, 0.25) is 0 Å². The summed E-state index contributed by atoms with van der Waals surface area (Å²) < 4.78 is 11.1. The van der Waals surface area contributed by atoms with Crippen LogP contribution >= 0.6 is 0 Å². The molecule has 0 saturated carbocycles. The van der Waals surface area contributed by atoms with E-state index in [9.17, 15) is 4.79 Å². The van der Waals surface area contributed by atoms with Gasteiger partial charge in [-0.1, -0.05) is 24.3 Å². The van der Waals surface area contributed by atoms with Gasteiger partial charge in [-0.2, -0.15) is 0 Å². The van der Waals surface area contributed by atoms with Gasteiger partial charge in [0.05, 0.1) is 6.10 Å². The molecule has 0 aliphatic carbocycles. The number of amides is 1. The van der Waals surface area contributed by atoms with E-state index in [1.54, 1.807) is 0 Å². The first-order valence-corrected chi connectivity index (χ1v) is 8.24. The average molecular weight is 327 g/mol. The van der Waals surface area contributed by atoms with Gasteiger partial charge in [0.25, 0.3) is 5.91 Å². The Bertz CT molecular complexity index is 650. The van der Waals surface area contributed by atoms with Gasteiger partial charge in [-0.15, -0.1) is 0 Å². The van der Waals surface area contributed by atoms with Gasteiger partial charge in [0.15, 0.2) is 6.61 Å². The number of rotatable bonds is 8. The molecule has 0 spiro atoms. The lowest BCUT2D eigenvalue weighted by atomic mass is 10.1. The molecule has 0 aromatic heterocycles. The fraction of sp³-hybridized carbons (Fsp3) is 0.350. The summed E-state index contributed by atoms with van der Waals surface area (Å²) in [5, 5.41) is 2.87. The van der Waals surface area contributed by atoms with Gasteiger partial charge < -0.3 is 14.8 Å². The van der Waals surface area contributed by atoms with E-state index in [1.807, 2.05) is 69.3 Å². The number of benzene rings is 2. The molecular formula is C20H25NO3. The summed E-state index contributed by atoms with van der Waals surface area (Å²) in [5.74, 6) is 1.46. The van der Waals surface area contributed by atoms with E-state index in [4.69, 9.17) is 9.47 Å². The standard InChI is InChI=1S/C20H25NO3/c1-15(2)24-18-9-7-17(8-10-18)11-12-21-20(22)14-23-19-6-4-5-16(3)13-19/h4-10,13,15H,11-12,14H2,1-3H3,(H,21,22). The number of carbonyl (C=O) groups excluding carboxylic acids is 1. The number of hydrogen-bond acceptors (Lipinski definition) is 3. The Morgan fingerprint density at radius 3 is 2.50 bits per heavy atom. The lowest BCUT2D eigenvalue weighted by Crippen LogP contribution is -2.30. The topological polar surface area (TPSA) is 47.6 Å². The van der Waals surface area contributed by atoms with Crippen LogP contribution in [-0.4, -0.2) is 25.2 Å².